The van der Waals surface area contributed by atoms with Crippen LogP contribution >= 0.6 is 0 Å². The summed E-state index contributed by atoms with van der Waals surface area (Å²) in [6.07, 6.45) is -2.26. The molecule has 0 bridgehead atoms. The average molecular weight is 403 g/mol. The zero-order chi connectivity index (χ0) is 19.6. The van der Waals surface area contributed by atoms with Crippen LogP contribution in [0.3, 0.4) is 0 Å². The van der Waals surface area contributed by atoms with E-state index in [0.29, 0.717) is 0 Å². The molecule has 2 aliphatic heterocycles. The molecule has 0 saturated carbocycles. The van der Waals surface area contributed by atoms with Gasteiger partial charge in [-0.25, -0.2) is 17.5 Å². The van der Waals surface area contributed by atoms with Crippen LogP contribution in [0.15, 0.2) is 29.2 Å². The smallest absolute Gasteiger partial charge is 0.240 e. The molecule has 0 unspecified atom stereocenters. The first-order chi connectivity index (χ1) is 12.8. The van der Waals surface area contributed by atoms with Gasteiger partial charge in [0.15, 0.2) is 0 Å². The van der Waals surface area contributed by atoms with Crippen LogP contribution in [0.4, 0.5) is 4.39 Å². The number of likely N-dealkylation sites (N-methyl/N-ethyl adjacent to an activating group) is 1. The van der Waals surface area contributed by atoms with Gasteiger partial charge in [-0.15, -0.1) is 0 Å². The Hall–Kier alpha value is -1.14. The monoisotopic (exact) mass is 403 g/mol. The zero-order valence-corrected chi connectivity index (χ0v) is 16.0. The molecule has 152 valence electrons. The van der Waals surface area contributed by atoms with Crippen molar-refractivity contribution in [2.24, 2.45) is 0 Å². The number of hydrogen-bond donors (Lipinski definition) is 3. The summed E-state index contributed by atoms with van der Waals surface area (Å²) in [4.78, 5) is 4.21. The maximum absolute atomic E-state index is 13.0. The predicted octanol–water partition coefficient (Wildman–Crippen LogP) is -1.16. The zero-order valence-electron chi connectivity index (χ0n) is 15.2. The Balaban J connectivity index is 1.70. The minimum absolute atomic E-state index is 0.0442. The lowest BCUT2D eigenvalue weighted by atomic mass is 10.0. The second kappa shape index (κ2) is 8.48. The summed E-state index contributed by atoms with van der Waals surface area (Å²) in [6.45, 7) is 2.72. The highest BCUT2D eigenvalue weighted by molar-refractivity contribution is 7.89. The Morgan fingerprint density at radius 3 is 2.41 bits per heavy atom. The molecule has 2 aliphatic rings. The van der Waals surface area contributed by atoms with Crippen LogP contribution in [0.25, 0.3) is 0 Å². The second-order valence-electron chi connectivity index (χ2n) is 7.02. The molecule has 0 radical (unpaired) electrons. The van der Waals surface area contributed by atoms with Crippen LogP contribution < -0.4 is 4.72 Å². The van der Waals surface area contributed by atoms with E-state index in [2.05, 4.69) is 14.5 Å². The van der Waals surface area contributed by atoms with Crippen molar-refractivity contribution < 1.29 is 27.8 Å². The lowest BCUT2D eigenvalue weighted by Gasteiger charge is -2.39. The van der Waals surface area contributed by atoms with E-state index in [0.717, 1.165) is 38.3 Å². The standard InChI is InChI=1S/C17H26FN3O5S/c1-20-6-8-21(9-7-20)16-14(26-15(11-22)17(16)23)10-19-27(24,25)13-4-2-12(18)3-5-13/h2-5,14-17,19,22-23H,6-11H2,1H3/t14-,15+,16-,17-/m1/s1. The molecule has 0 aromatic heterocycles. The number of halogens is 1. The Morgan fingerprint density at radius 1 is 1.19 bits per heavy atom. The summed E-state index contributed by atoms with van der Waals surface area (Å²) in [5.74, 6) is -0.517. The largest absolute Gasteiger partial charge is 0.394 e. The predicted molar refractivity (Wildman–Crippen MR) is 96.2 cm³/mol. The van der Waals surface area contributed by atoms with Crippen LogP contribution in [0.2, 0.25) is 0 Å². The van der Waals surface area contributed by atoms with Crippen molar-refractivity contribution in [2.45, 2.75) is 29.2 Å². The first-order valence-electron chi connectivity index (χ1n) is 8.94. The van der Waals surface area contributed by atoms with E-state index in [-0.39, 0.29) is 18.0 Å². The Kier molecular flexibility index (Phi) is 6.46. The molecule has 2 saturated heterocycles. The Labute approximate surface area is 158 Å². The molecule has 0 spiro atoms. The lowest BCUT2D eigenvalue weighted by molar-refractivity contribution is -0.0201. The number of nitrogens with one attached hydrogen (secondary N) is 1. The number of aliphatic hydroxyl groups excluding tert-OH is 2. The van der Waals surface area contributed by atoms with Gasteiger partial charge < -0.3 is 19.8 Å². The number of benzene rings is 1. The third-order valence-corrected chi connectivity index (χ3v) is 6.64. The highest BCUT2D eigenvalue weighted by atomic mass is 32.2. The topological polar surface area (TPSA) is 102 Å². The number of nitrogens with zero attached hydrogens (tertiary/aromatic N) is 2. The van der Waals surface area contributed by atoms with Crippen molar-refractivity contribution in [3.8, 4) is 0 Å². The number of piperazine rings is 1. The molecule has 1 aromatic rings. The molecule has 2 fully saturated rings. The van der Waals surface area contributed by atoms with Crippen LogP contribution in [0, 0.1) is 5.82 Å². The van der Waals surface area contributed by atoms with Crippen molar-refractivity contribution in [2.75, 3.05) is 46.4 Å². The fourth-order valence-corrected chi connectivity index (χ4v) is 4.65. The molecule has 27 heavy (non-hydrogen) atoms. The van der Waals surface area contributed by atoms with Crippen molar-refractivity contribution >= 4 is 10.0 Å². The van der Waals surface area contributed by atoms with E-state index in [1.807, 2.05) is 7.05 Å². The molecule has 0 aliphatic carbocycles. The second-order valence-corrected chi connectivity index (χ2v) is 8.79. The van der Waals surface area contributed by atoms with Crippen molar-refractivity contribution in [1.29, 1.82) is 0 Å². The molecular weight excluding hydrogens is 377 g/mol. The molecule has 10 heteroatoms. The third kappa shape index (κ3) is 4.65. The maximum Gasteiger partial charge on any atom is 0.240 e. The van der Waals surface area contributed by atoms with Gasteiger partial charge in [0.25, 0.3) is 0 Å². The minimum atomic E-state index is -3.84. The summed E-state index contributed by atoms with van der Waals surface area (Å²) >= 11 is 0. The number of sulfonamides is 1. The summed E-state index contributed by atoms with van der Waals surface area (Å²) in [5, 5.41) is 20.0. The van der Waals surface area contributed by atoms with Crippen molar-refractivity contribution in [3.05, 3.63) is 30.1 Å². The number of ether oxygens (including phenoxy) is 1. The number of hydrogen-bond acceptors (Lipinski definition) is 7. The maximum atomic E-state index is 13.0. The molecule has 8 nitrogen and oxygen atoms in total. The van der Waals surface area contributed by atoms with Gasteiger partial charge in [-0.05, 0) is 31.3 Å². The average Bonchev–Trinajstić information content (AvgIpc) is 2.97. The fourth-order valence-electron chi connectivity index (χ4n) is 3.61. The van der Waals surface area contributed by atoms with Crippen molar-refractivity contribution in [1.82, 2.24) is 14.5 Å². The van der Waals surface area contributed by atoms with E-state index < -0.39 is 40.2 Å². The highest BCUT2D eigenvalue weighted by Crippen LogP contribution is 2.27. The third-order valence-electron chi connectivity index (χ3n) is 5.20. The molecular formula is C17H26FN3O5S. The van der Waals surface area contributed by atoms with Gasteiger partial charge in [0.1, 0.15) is 18.0 Å². The molecule has 4 atom stereocenters. The van der Waals surface area contributed by atoms with Gasteiger partial charge in [-0.1, -0.05) is 0 Å². The molecule has 0 amide bonds. The van der Waals surface area contributed by atoms with Gasteiger partial charge in [-0.3, -0.25) is 4.90 Å². The van der Waals surface area contributed by atoms with E-state index in [9.17, 15) is 23.0 Å². The SMILES string of the molecule is CN1CCN([C@H]2[C@H](O)[C@H](CO)O[C@@H]2CNS(=O)(=O)c2ccc(F)cc2)CC1. The fraction of sp³-hybridized carbons (Fsp3) is 0.647. The quantitative estimate of drug-likeness (QED) is 0.551. The van der Waals surface area contributed by atoms with Crippen LogP contribution in [-0.2, 0) is 14.8 Å². The highest BCUT2D eigenvalue weighted by Gasteiger charge is 2.46. The lowest BCUT2D eigenvalue weighted by Crippen LogP contribution is -2.56. The van der Waals surface area contributed by atoms with Crippen LogP contribution in [0.1, 0.15) is 0 Å². The van der Waals surface area contributed by atoms with E-state index in [1.165, 1.54) is 12.1 Å². The van der Waals surface area contributed by atoms with Gasteiger partial charge in [0.05, 0.1) is 23.6 Å². The summed E-state index contributed by atoms with van der Waals surface area (Å²) in [7, 11) is -1.82. The number of aliphatic hydroxyl groups is 2. The van der Waals surface area contributed by atoms with Gasteiger partial charge in [0, 0.05) is 32.7 Å². The van der Waals surface area contributed by atoms with Crippen molar-refractivity contribution in [3.63, 3.8) is 0 Å². The van der Waals surface area contributed by atoms with Crippen LogP contribution in [-0.4, -0.2) is 99.2 Å². The van der Waals surface area contributed by atoms with Gasteiger partial charge >= 0.3 is 0 Å². The molecule has 3 N–H and O–H groups in total. The first-order valence-corrected chi connectivity index (χ1v) is 10.4. The summed E-state index contributed by atoms with van der Waals surface area (Å²) in [5.41, 5.74) is 0. The molecule has 1 aromatic carbocycles. The Bertz CT molecular complexity index is 725. The summed E-state index contributed by atoms with van der Waals surface area (Å²) < 4.78 is 46.1. The minimum Gasteiger partial charge on any atom is -0.394 e. The van der Waals surface area contributed by atoms with Gasteiger partial charge in [0.2, 0.25) is 10.0 Å². The molecule has 2 heterocycles. The van der Waals surface area contributed by atoms with E-state index in [1.54, 1.807) is 0 Å². The first kappa shape index (κ1) is 20.6. The summed E-state index contributed by atoms with van der Waals surface area (Å²) in [6, 6.07) is 4.14. The van der Waals surface area contributed by atoms with E-state index in [4.69, 9.17) is 4.74 Å². The van der Waals surface area contributed by atoms with Gasteiger partial charge in [-0.2, -0.15) is 0 Å². The van der Waals surface area contributed by atoms with E-state index >= 15 is 0 Å². The normalized spacial score (nSPS) is 30.7. The van der Waals surface area contributed by atoms with Crippen LogP contribution in [0.5, 0.6) is 0 Å². The Morgan fingerprint density at radius 2 is 1.81 bits per heavy atom. The number of rotatable bonds is 6. The molecule has 3 rings (SSSR count).